The number of nitrogens with zero attached hydrogens (tertiary/aromatic N) is 4. The number of thiophene rings is 1. The molecule has 2 aliphatic rings. The predicted octanol–water partition coefficient (Wildman–Crippen LogP) is 3.12. The molecule has 1 saturated heterocycles. The third kappa shape index (κ3) is 2.67. The number of aromatic nitrogens is 3. The molecule has 1 aliphatic heterocycles. The van der Waals surface area contributed by atoms with E-state index in [1.807, 2.05) is 28.7 Å². The van der Waals surface area contributed by atoms with Gasteiger partial charge in [-0.15, -0.1) is 21.5 Å². The minimum Gasteiger partial charge on any atom is -0.328 e. The molecule has 0 N–H and O–H groups in total. The van der Waals surface area contributed by atoms with Gasteiger partial charge in [-0.25, -0.2) is 0 Å². The van der Waals surface area contributed by atoms with E-state index in [0.717, 1.165) is 49.0 Å². The first kappa shape index (κ1) is 13.9. The number of carbonyl (C=O) groups excluding carboxylic acids is 1. The van der Waals surface area contributed by atoms with E-state index in [1.54, 1.807) is 0 Å². The highest BCUT2D eigenvalue weighted by Gasteiger charge is 2.33. The molecule has 5 nitrogen and oxygen atoms in total. The second-order valence-electron chi connectivity index (χ2n) is 6.27. The molecule has 0 radical (unpaired) electrons. The molecular weight excluding hydrogens is 296 g/mol. The summed E-state index contributed by atoms with van der Waals surface area (Å²) in [4.78, 5) is 15.6. The Kier molecular flexibility index (Phi) is 3.70. The SMILES string of the molecule is O=C(c1cccs1)N1CCCC[C@H]1c1nncn1CC1CC1. The maximum Gasteiger partial charge on any atom is 0.264 e. The van der Waals surface area contributed by atoms with Crippen LogP contribution in [0.5, 0.6) is 0 Å². The molecule has 22 heavy (non-hydrogen) atoms. The van der Waals surface area contributed by atoms with Gasteiger partial charge in [0.15, 0.2) is 5.82 Å². The number of likely N-dealkylation sites (tertiary alicyclic amines) is 1. The summed E-state index contributed by atoms with van der Waals surface area (Å²) in [7, 11) is 0. The summed E-state index contributed by atoms with van der Waals surface area (Å²) >= 11 is 1.51. The second-order valence-corrected chi connectivity index (χ2v) is 7.22. The van der Waals surface area contributed by atoms with E-state index in [1.165, 1.54) is 24.2 Å². The molecule has 0 bridgehead atoms. The Balaban J connectivity index is 1.60. The monoisotopic (exact) mass is 316 g/mol. The van der Waals surface area contributed by atoms with Gasteiger partial charge in [0, 0.05) is 13.1 Å². The zero-order chi connectivity index (χ0) is 14.9. The Labute approximate surface area is 134 Å². The summed E-state index contributed by atoms with van der Waals surface area (Å²) in [6, 6.07) is 3.92. The molecule has 2 aromatic heterocycles. The summed E-state index contributed by atoms with van der Waals surface area (Å²) in [5.41, 5.74) is 0. The zero-order valence-corrected chi connectivity index (χ0v) is 13.3. The Morgan fingerprint density at radius 3 is 3.00 bits per heavy atom. The van der Waals surface area contributed by atoms with Crippen molar-refractivity contribution in [1.82, 2.24) is 19.7 Å². The summed E-state index contributed by atoms with van der Waals surface area (Å²) in [5, 5.41) is 10.4. The molecule has 1 atom stereocenters. The predicted molar refractivity (Wildman–Crippen MR) is 84.7 cm³/mol. The molecule has 6 heteroatoms. The molecule has 3 heterocycles. The second kappa shape index (κ2) is 5.83. The van der Waals surface area contributed by atoms with Crippen LogP contribution in [0.25, 0.3) is 0 Å². The number of hydrogen-bond donors (Lipinski definition) is 0. The van der Waals surface area contributed by atoms with Gasteiger partial charge in [-0.3, -0.25) is 4.79 Å². The maximum atomic E-state index is 12.8. The Morgan fingerprint density at radius 1 is 1.32 bits per heavy atom. The van der Waals surface area contributed by atoms with Crippen LogP contribution in [-0.4, -0.2) is 32.1 Å². The van der Waals surface area contributed by atoms with Gasteiger partial charge in [-0.2, -0.15) is 0 Å². The van der Waals surface area contributed by atoms with Crippen molar-refractivity contribution in [2.75, 3.05) is 6.54 Å². The van der Waals surface area contributed by atoms with E-state index in [9.17, 15) is 4.79 Å². The first-order valence-corrected chi connectivity index (χ1v) is 8.93. The van der Waals surface area contributed by atoms with Gasteiger partial charge in [0.1, 0.15) is 6.33 Å². The van der Waals surface area contributed by atoms with E-state index in [0.29, 0.717) is 0 Å². The first-order valence-electron chi connectivity index (χ1n) is 8.05. The van der Waals surface area contributed by atoms with Crippen LogP contribution >= 0.6 is 11.3 Å². The average Bonchev–Trinajstić information content (AvgIpc) is 3.03. The van der Waals surface area contributed by atoms with E-state index >= 15 is 0 Å². The van der Waals surface area contributed by atoms with Crippen LogP contribution in [0.4, 0.5) is 0 Å². The number of rotatable bonds is 4. The lowest BCUT2D eigenvalue weighted by molar-refractivity contribution is 0.0599. The third-order valence-corrected chi connectivity index (χ3v) is 5.45. The number of piperidine rings is 1. The van der Waals surface area contributed by atoms with Crippen LogP contribution in [0.1, 0.15) is 53.6 Å². The first-order chi connectivity index (χ1) is 10.8. The zero-order valence-electron chi connectivity index (χ0n) is 12.5. The minimum atomic E-state index is 0.0737. The fourth-order valence-electron chi connectivity index (χ4n) is 3.23. The molecule has 4 rings (SSSR count). The highest BCUT2D eigenvalue weighted by Crippen LogP contribution is 2.35. The van der Waals surface area contributed by atoms with Crippen LogP contribution in [-0.2, 0) is 6.54 Å². The van der Waals surface area contributed by atoms with Gasteiger partial charge in [0.25, 0.3) is 5.91 Å². The van der Waals surface area contributed by atoms with Crippen molar-refractivity contribution in [3.05, 3.63) is 34.5 Å². The topological polar surface area (TPSA) is 51.0 Å². The Hall–Kier alpha value is -1.69. The van der Waals surface area contributed by atoms with Gasteiger partial charge >= 0.3 is 0 Å². The largest absolute Gasteiger partial charge is 0.328 e. The quantitative estimate of drug-likeness (QED) is 0.871. The van der Waals surface area contributed by atoms with Crippen LogP contribution in [0.3, 0.4) is 0 Å². The van der Waals surface area contributed by atoms with Crippen LogP contribution in [0.15, 0.2) is 23.8 Å². The molecule has 116 valence electrons. The van der Waals surface area contributed by atoms with Crippen LogP contribution < -0.4 is 0 Å². The Morgan fingerprint density at radius 2 is 2.23 bits per heavy atom. The van der Waals surface area contributed by atoms with Gasteiger partial charge < -0.3 is 9.47 Å². The lowest BCUT2D eigenvalue weighted by Gasteiger charge is -2.35. The van der Waals surface area contributed by atoms with Crippen molar-refractivity contribution in [1.29, 1.82) is 0 Å². The molecule has 0 aromatic carbocycles. The van der Waals surface area contributed by atoms with E-state index in [2.05, 4.69) is 14.8 Å². The van der Waals surface area contributed by atoms with Gasteiger partial charge in [-0.05, 0) is 49.5 Å². The summed E-state index contributed by atoms with van der Waals surface area (Å²) in [6.07, 6.45) is 7.65. The fraction of sp³-hybridized carbons (Fsp3) is 0.562. The fourth-order valence-corrected chi connectivity index (χ4v) is 3.91. The molecular formula is C16H20N4OS. The van der Waals surface area contributed by atoms with Crippen molar-refractivity contribution in [2.24, 2.45) is 5.92 Å². The molecule has 2 fully saturated rings. The van der Waals surface area contributed by atoms with Crippen molar-refractivity contribution in [3.8, 4) is 0 Å². The molecule has 1 saturated carbocycles. The lowest BCUT2D eigenvalue weighted by atomic mass is 10.0. The van der Waals surface area contributed by atoms with Gasteiger partial charge in [-0.1, -0.05) is 6.07 Å². The molecule has 2 aromatic rings. The van der Waals surface area contributed by atoms with Gasteiger partial charge in [0.2, 0.25) is 0 Å². The summed E-state index contributed by atoms with van der Waals surface area (Å²) < 4.78 is 2.17. The molecule has 0 spiro atoms. The van der Waals surface area contributed by atoms with Crippen molar-refractivity contribution >= 4 is 17.2 Å². The minimum absolute atomic E-state index is 0.0737. The summed E-state index contributed by atoms with van der Waals surface area (Å²) in [5.74, 6) is 1.89. The number of amides is 1. The standard InChI is InChI=1S/C16H20N4OS/c21-16(14-5-3-9-22-14)20-8-2-1-4-13(20)15-18-17-11-19(15)10-12-6-7-12/h3,5,9,11-13H,1-2,4,6-8,10H2/t13-/m0/s1. The molecule has 1 aliphatic carbocycles. The van der Waals surface area contributed by atoms with E-state index in [-0.39, 0.29) is 11.9 Å². The highest BCUT2D eigenvalue weighted by atomic mass is 32.1. The van der Waals surface area contributed by atoms with Crippen molar-refractivity contribution < 1.29 is 4.79 Å². The van der Waals surface area contributed by atoms with Crippen LogP contribution in [0, 0.1) is 5.92 Å². The normalized spacial score (nSPS) is 22.0. The lowest BCUT2D eigenvalue weighted by Crippen LogP contribution is -2.39. The molecule has 1 amide bonds. The average molecular weight is 316 g/mol. The summed E-state index contributed by atoms with van der Waals surface area (Å²) in [6.45, 7) is 1.82. The maximum absolute atomic E-state index is 12.8. The third-order valence-electron chi connectivity index (χ3n) is 4.59. The highest BCUT2D eigenvalue weighted by molar-refractivity contribution is 7.12. The van der Waals surface area contributed by atoms with E-state index < -0.39 is 0 Å². The Bertz CT molecular complexity index is 647. The number of carbonyl (C=O) groups is 1. The van der Waals surface area contributed by atoms with E-state index in [4.69, 9.17) is 0 Å². The van der Waals surface area contributed by atoms with Gasteiger partial charge in [0.05, 0.1) is 10.9 Å². The smallest absolute Gasteiger partial charge is 0.264 e. The van der Waals surface area contributed by atoms with Crippen molar-refractivity contribution in [3.63, 3.8) is 0 Å². The molecule has 0 unspecified atom stereocenters. The number of hydrogen-bond acceptors (Lipinski definition) is 4. The van der Waals surface area contributed by atoms with Crippen LogP contribution in [0.2, 0.25) is 0 Å². The van der Waals surface area contributed by atoms with Crippen molar-refractivity contribution in [2.45, 2.75) is 44.7 Å².